The Bertz CT molecular complexity index is 830. The highest BCUT2D eigenvalue weighted by atomic mass is 16.4. The molecule has 0 atom stereocenters. The van der Waals surface area contributed by atoms with Crippen LogP contribution >= 0.6 is 0 Å². The zero-order valence-electron chi connectivity index (χ0n) is 10.2. The third-order valence-electron chi connectivity index (χ3n) is 3.14. The van der Waals surface area contributed by atoms with E-state index in [4.69, 9.17) is 11.0 Å². The van der Waals surface area contributed by atoms with Gasteiger partial charge in [-0.3, -0.25) is 0 Å². The van der Waals surface area contributed by atoms with Crippen LogP contribution in [0, 0.1) is 13.5 Å². The van der Waals surface area contributed by atoms with Gasteiger partial charge >= 0.3 is 7.12 Å². The van der Waals surface area contributed by atoms with Crippen LogP contribution in [-0.2, 0) is 0 Å². The van der Waals surface area contributed by atoms with Gasteiger partial charge in [0.15, 0.2) is 5.69 Å². The molecular weight excluding hydrogens is 241 g/mol. The molecule has 0 unspecified atom stereocenters. The van der Waals surface area contributed by atoms with Crippen LogP contribution in [0.5, 0.6) is 0 Å². The summed E-state index contributed by atoms with van der Waals surface area (Å²) in [6.07, 6.45) is 0. The Morgan fingerprint density at radius 1 is 1.16 bits per heavy atom. The van der Waals surface area contributed by atoms with Gasteiger partial charge in [-0.2, -0.15) is 0 Å². The molecule has 5 heteroatoms. The van der Waals surface area contributed by atoms with Crippen LogP contribution in [0.1, 0.15) is 5.56 Å². The van der Waals surface area contributed by atoms with Crippen LogP contribution in [0.15, 0.2) is 34.7 Å². The first-order chi connectivity index (χ1) is 9.10. The molecular formula is C14H10BNO3. The topological polar surface area (TPSA) is 58.0 Å². The van der Waals surface area contributed by atoms with Gasteiger partial charge in [-0.25, -0.2) is 4.85 Å². The summed E-state index contributed by atoms with van der Waals surface area (Å²) in [5, 5.41) is 20.5. The molecule has 1 heterocycles. The number of hydrogen-bond donors (Lipinski definition) is 2. The van der Waals surface area contributed by atoms with Crippen molar-refractivity contribution in [1.82, 2.24) is 0 Å². The molecule has 2 N–H and O–H groups in total. The summed E-state index contributed by atoms with van der Waals surface area (Å²) in [6.45, 7) is 8.89. The molecule has 0 saturated heterocycles. The van der Waals surface area contributed by atoms with Crippen LogP contribution in [0.3, 0.4) is 0 Å². The second-order valence-electron chi connectivity index (χ2n) is 4.50. The third kappa shape index (κ3) is 1.78. The molecule has 0 amide bonds. The lowest BCUT2D eigenvalue weighted by atomic mass is 9.78. The van der Waals surface area contributed by atoms with Crippen LogP contribution in [-0.4, -0.2) is 17.2 Å². The third-order valence-corrected chi connectivity index (χ3v) is 3.14. The first-order valence-corrected chi connectivity index (χ1v) is 5.80. The zero-order chi connectivity index (χ0) is 13.6. The van der Waals surface area contributed by atoms with Crippen molar-refractivity contribution in [2.45, 2.75) is 6.92 Å². The Morgan fingerprint density at radius 2 is 1.95 bits per heavy atom. The van der Waals surface area contributed by atoms with Crippen LogP contribution in [0.2, 0.25) is 0 Å². The SMILES string of the molecule is [C-]#[N+]c1ccc2c(c1)oc1c(B(O)O)cc(C)cc12. The van der Waals surface area contributed by atoms with E-state index in [0.717, 1.165) is 16.3 Å². The Morgan fingerprint density at radius 3 is 2.63 bits per heavy atom. The molecule has 4 nitrogen and oxygen atoms in total. The van der Waals surface area contributed by atoms with E-state index in [1.54, 1.807) is 18.2 Å². The number of nitrogens with zero attached hydrogens (tertiary/aromatic N) is 1. The van der Waals surface area contributed by atoms with Gasteiger partial charge in [0.25, 0.3) is 0 Å². The highest BCUT2D eigenvalue weighted by molar-refractivity contribution is 6.61. The van der Waals surface area contributed by atoms with E-state index >= 15 is 0 Å². The summed E-state index contributed by atoms with van der Waals surface area (Å²) in [5.41, 5.74) is 2.80. The van der Waals surface area contributed by atoms with Gasteiger partial charge < -0.3 is 14.5 Å². The van der Waals surface area contributed by atoms with E-state index in [9.17, 15) is 10.0 Å². The van der Waals surface area contributed by atoms with E-state index in [0.29, 0.717) is 22.3 Å². The molecule has 2 aromatic carbocycles. The maximum Gasteiger partial charge on any atom is 0.492 e. The van der Waals surface area contributed by atoms with Crippen LogP contribution in [0.25, 0.3) is 26.8 Å². The first kappa shape index (κ1) is 11.8. The van der Waals surface area contributed by atoms with Gasteiger partial charge in [-0.15, -0.1) is 0 Å². The number of aryl methyl sites for hydroxylation is 1. The average Bonchev–Trinajstić information content (AvgIpc) is 2.75. The maximum absolute atomic E-state index is 9.42. The number of hydrogen-bond acceptors (Lipinski definition) is 3. The lowest BCUT2D eigenvalue weighted by Gasteiger charge is -2.02. The van der Waals surface area contributed by atoms with Crippen molar-refractivity contribution in [2.75, 3.05) is 0 Å². The van der Waals surface area contributed by atoms with E-state index in [1.165, 1.54) is 0 Å². The predicted octanol–water partition coefficient (Wildman–Crippen LogP) is 2.13. The molecule has 92 valence electrons. The normalized spacial score (nSPS) is 10.8. The van der Waals surface area contributed by atoms with Crippen molar-refractivity contribution in [3.63, 3.8) is 0 Å². The smallest absolute Gasteiger partial charge is 0.458 e. The fourth-order valence-corrected chi connectivity index (χ4v) is 2.30. The summed E-state index contributed by atoms with van der Waals surface area (Å²) < 4.78 is 5.68. The highest BCUT2D eigenvalue weighted by Crippen LogP contribution is 2.31. The van der Waals surface area contributed by atoms with Crippen LogP contribution < -0.4 is 5.46 Å². The minimum Gasteiger partial charge on any atom is -0.458 e. The molecule has 0 aliphatic heterocycles. The first-order valence-electron chi connectivity index (χ1n) is 5.80. The second-order valence-corrected chi connectivity index (χ2v) is 4.50. The van der Waals surface area contributed by atoms with Crippen molar-refractivity contribution in [2.24, 2.45) is 0 Å². The Hall–Kier alpha value is -2.29. The van der Waals surface area contributed by atoms with Gasteiger partial charge in [0.2, 0.25) is 0 Å². The summed E-state index contributed by atoms with van der Waals surface area (Å²) in [4.78, 5) is 3.36. The molecule has 19 heavy (non-hydrogen) atoms. The fraction of sp³-hybridized carbons (Fsp3) is 0.0714. The van der Waals surface area contributed by atoms with Gasteiger partial charge in [-0.1, -0.05) is 23.8 Å². The van der Waals surface area contributed by atoms with E-state index in [1.807, 2.05) is 19.1 Å². The van der Waals surface area contributed by atoms with Crippen molar-refractivity contribution < 1.29 is 14.5 Å². The van der Waals surface area contributed by atoms with Gasteiger partial charge in [0, 0.05) is 16.2 Å². The summed E-state index contributed by atoms with van der Waals surface area (Å²) >= 11 is 0. The lowest BCUT2D eigenvalue weighted by Crippen LogP contribution is -2.30. The van der Waals surface area contributed by atoms with E-state index in [-0.39, 0.29) is 0 Å². The molecule has 0 radical (unpaired) electrons. The largest absolute Gasteiger partial charge is 0.492 e. The standard InChI is InChI=1S/C14H10BNO3/c1-8-5-11-10-4-3-9(16-2)7-13(10)19-14(11)12(6-8)15(17)18/h3-7,17-18H,1H3. The average molecular weight is 251 g/mol. The molecule has 0 bridgehead atoms. The minimum atomic E-state index is -1.58. The Kier molecular flexibility index (Phi) is 2.56. The van der Waals surface area contributed by atoms with E-state index < -0.39 is 7.12 Å². The second kappa shape index (κ2) is 4.13. The maximum atomic E-state index is 9.42. The number of fused-ring (bicyclic) bond motifs is 3. The van der Waals surface area contributed by atoms with Crippen molar-refractivity contribution >= 4 is 40.2 Å². The van der Waals surface area contributed by atoms with Gasteiger partial charge in [0.1, 0.15) is 11.2 Å². The zero-order valence-corrected chi connectivity index (χ0v) is 10.2. The molecule has 0 fully saturated rings. The summed E-state index contributed by atoms with van der Waals surface area (Å²) in [7, 11) is -1.58. The van der Waals surface area contributed by atoms with Crippen molar-refractivity contribution in [3.8, 4) is 0 Å². The lowest BCUT2D eigenvalue weighted by molar-refractivity contribution is 0.425. The summed E-state index contributed by atoms with van der Waals surface area (Å²) in [6, 6.07) is 8.82. The Labute approximate surface area is 109 Å². The molecule has 0 spiro atoms. The van der Waals surface area contributed by atoms with E-state index in [2.05, 4.69) is 4.85 Å². The molecule has 0 aliphatic carbocycles. The van der Waals surface area contributed by atoms with Crippen molar-refractivity contribution in [1.29, 1.82) is 0 Å². The molecule has 0 aliphatic rings. The van der Waals surface area contributed by atoms with Crippen LogP contribution in [0.4, 0.5) is 5.69 Å². The summed E-state index contributed by atoms with van der Waals surface area (Å²) in [5.74, 6) is 0. The minimum absolute atomic E-state index is 0.343. The molecule has 3 aromatic rings. The van der Waals surface area contributed by atoms with Gasteiger partial charge in [0.05, 0.1) is 6.57 Å². The Balaban J connectivity index is 2.46. The molecule has 1 aromatic heterocycles. The fourth-order valence-electron chi connectivity index (χ4n) is 2.30. The van der Waals surface area contributed by atoms with Crippen molar-refractivity contribution in [3.05, 3.63) is 47.3 Å². The number of benzene rings is 2. The molecule has 0 saturated carbocycles. The number of rotatable bonds is 1. The predicted molar refractivity (Wildman–Crippen MR) is 74.5 cm³/mol. The molecule has 3 rings (SSSR count). The van der Waals surface area contributed by atoms with Gasteiger partial charge in [-0.05, 0) is 19.1 Å². The quantitative estimate of drug-likeness (QED) is 0.514. The monoisotopic (exact) mass is 251 g/mol. The number of furan rings is 1. The highest BCUT2D eigenvalue weighted by Gasteiger charge is 2.20.